The lowest BCUT2D eigenvalue weighted by Crippen LogP contribution is -2.15. The number of ketones is 1. The van der Waals surface area contributed by atoms with Gasteiger partial charge >= 0.3 is 0 Å². The third kappa shape index (κ3) is 4.28. The van der Waals surface area contributed by atoms with Crippen molar-refractivity contribution in [3.8, 4) is 28.5 Å². The van der Waals surface area contributed by atoms with Gasteiger partial charge in [0.1, 0.15) is 19.0 Å². The molecule has 1 aliphatic heterocycles. The number of nitrogens with one attached hydrogen (secondary N) is 1. The zero-order valence-electron chi connectivity index (χ0n) is 16.6. The van der Waals surface area contributed by atoms with Crippen LogP contribution in [0.3, 0.4) is 0 Å². The van der Waals surface area contributed by atoms with Gasteiger partial charge in [0.05, 0.1) is 19.2 Å². The summed E-state index contributed by atoms with van der Waals surface area (Å²) in [7, 11) is 1.53. The van der Waals surface area contributed by atoms with Gasteiger partial charge in [-0.1, -0.05) is 0 Å². The fourth-order valence-corrected chi connectivity index (χ4v) is 3.87. The van der Waals surface area contributed by atoms with Gasteiger partial charge in [-0.15, -0.1) is 11.3 Å². The van der Waals surface area contributed by atoms with E-state index in [-0.39, 0.29) is 18.1 Å². The van der Waals surface area contributed by atoms with Crippen molar-refractivity contribution < 1.29 is 23.8 Å². The van der Waals surface area contributed by atoms with Gasteiger partial charge < -0.3 is 19.5 Å². The van der Waals surface area contributed by atoms with E-state index in [1.165, 1.54) is 25.4 Å². The minimum atomic E-state index is -0.239. The average molecular weight is 424 g/mol. The molecule has 0 spiro atoms. The molecule has 0 fully saturated rings. The number of amides is 1. The molecular weight excluding hydrogens is 404 g/mol. The number of thiazole rings is 1. The molecule has 0 atom stereocenters. The number of carbonyl (C=O) groups is 2. The Morgan fingerprint density at radius 1 is 1.13 bits per heavy atom. The Bertz CT molecular complexity index is 1110. The minimum absolute atomic E-state index is 0.0664. The zero-order valence-corrected chi connectivity index (χ0v) is 17.4. The number of Topliss-reactive ketones (excluding diaryl/α,β-unsaturated/α-hetero) is 1. The summed E-state index contributed by atoms with van der Waals surface area (Å²) in [6, 6.07) is 10.7. The van der Waals surface area contributed by atoms with Gasteiger partial charge in [0.25, 0.3) is 0 Å². The molecule has 0 bridgehead atoms. The molecule has 0 unspecified atom stereocenters. The number of nitrogens with zero attached hydrogens (tertiary/aromatic N) is 1. The predicted molar refractivity (Wildman–Crippen MR) is 114 cm³/mol. The zero-order chi connectivity index (χ0) is 21.1. The molecule has 1 N–H and O–H groups in total. The molecule has 2 heterocycles. The van der Waals surface area contributed by atoms with Gasteiger partial charge in [-0.3, -0.25) is 9.59 Å². The number of hydrogen-bond acceptors (Lipinski definition) is 7. The largest absolute Gasteiger partial charge is 0.496 e. The van der Waals surface area contributed by atoms with E-state index in [0.717, 1.165) is 17.0 Å². The summed E-state index contributed by atoms with van der Waals surface area (Å²) in [6.45, 7) is 2.54. The summed E-state index contributed by atoms with van der Waals surface area (Å²) in [4.78, 5) is 28.7. The van der Waals surface area contributed by atoms with E-state index in [1.807, 2.05) is 23.6 Å². The van der Waals surface area contributed by atoms with Gasteiger partial charge in [0, 0.05) is 22.1 Å². The third-order valence-electron chi connectivity index (χ3n) is 4.63. The van der Waals surface area contributed by atoms with Gasteiger partial charge in [0.15, 0.2) is 22.4 Å². The van der Waals surface area contributed by atoms with Crippen molar-refractivity contribution in [1.82, 2.24) is 4.98 Å². The van der Waals surface area contributed by atoms with Gasteiger partial charge in [-0.05, 0) is 43.3 Å². The molecular formula is C22H20N2O5S. The molecule has 7 nitrogen and oxygen atoms in total. The van der Waals surface area contributed by atoms with E-state index in [4.69, 9.17) is 14.2 Å². The highest BCUT2D eigenvalue weighted by molar-refractivity contribution is 7.14. The van der Waals surface area contributed by atoms with Crippen LogP contribution in [-0.4, -0.2) is 37.0 Å². The van der Waals surface area contributed by atoms with Crippen LogP contribution in [0.15, 0.2) is 41.8 Å². The summed E-state index contributed by atoms with van der Waals surface area (Å²) in [5, 5.41) is 5.18. The van der Waals surface area contributed by atoms with Crippen LogP contribution in [-0.2, 0) is 11.2 Å². The van der Waals surface area contributed by atoms with Crippen LogP contribution in [0.25, 0.3) is 11.3 Å². The predicted octanol–water partition coefficient (Wildman–Crippen LogP) is 3.97. The second-order valence-corrected chi connectivity index (χ2v) is 7.56. The highest BCUT2D eigenvalue weighted by atomic mass is 32.1. The molecule has 0 saturated heterocycles. The van der Waals surface area contributed by atoms with Crippen LogP contribution < -0.4 is 19.5 Å². The Morgan fingerprint density at radius 3 is 2.70 bits per heavy atom. The first-order valence-electron chi connectivity index (χ1n) is 9.37. The monoisotopic (exact) mass is 424 g/mol. The number of anilines is 1. The molecule has 4 rings (SSSR count). The molecule has 0 radical (unpaired) electrons. The van der Waals surface area contributed by atoms with Crippen LogP contribution >= 0.6 is 11.3 Å². The number of ether oxygens (including phenoxy) is 3. The first-order chi connectivity index (χ1) is 14.5. The highest BCUT2D eigenvalue weighted by Crippen LogP contribution is 2.35. The van der Waals surface area contributed by atoms with Crippen molar-refractivity contribution >= 4 is 28.2 Å². The van der Waals surface area contributed by atoms with Crippen molar-refractivity contribution in [3.05, 3.63) is 52.9 Å². The van der Waals surface area contributed by atoms with Crippen molar-refractivity contribution in [2.75, 3.05) is 25.6 Å². The SMILES string of the molecule is COc1ccc(C(C)=O)cc1CC(=O)Nc1nc(-c2ccc3c(c2)OCCO3)cs1. The van der Waals surface area contributed by atoms with E-state index in [1.54, 1.807) is 18.2 Å². The minimum Gasteiger partial charge on any atom is -0.496 e. The first kappa shape index (κ1) is 19.9. The lowest BCUT2D eigenvalue weighted by atomic mass is 10.0. The number of carbonyl (C=O) groups excluding carboxylic acids is 2. The summed E-state index contributed by atoms with van der Waals surface area (Å²) in [5.41, 5.74) is 2.80. The van der Waals surface area contributed by atoms with Gasteiger partial charge in [-0.25, -0.2) is 4.98 Å². The van der Waals surface area contributed by atoms with Crippen molar-refractivity contribution in [2.24, 2.45) is 0 Å². The molecule has 154 valence electrons. The Balaban J connectivity index is 1.47. The Hall–Kier alpha value is -3.39. The van der Waals surface area contributed by atoms with Crippen LogP contribution in [0.5, 0.6) is 17.2 Å². The smallest absolute Gasteiger partial charge is 0.230 e. The van der Waals surface area contributed by atoms with Crippen molar-refractivity contribution in [3.63, 3.8) is 0 Å². The van der Waals surface area contributed by atoms with E-state index in [9.17, 15) is 9.59 Å². The molecule has 1 aliphatic rings. The molecule has 0 aliphatic carbocycles. The maximum absolute atomic E-state index is 12.5. The van der Waals surface area contributed by atoms with Crippen LogP contribution in [0.4, 0.5) is 5.13 Å². The molecule has 30 heavy (non-hydrogen) atoms. The topological polar surface area (TPSA) is 86.8 Å². The summed E-state index contributed by atoms with van der Waals surface area (Å²) < 4.78 is 16.5. The van der Waals surface area contributed by atoms with Gasteiger partial charge in [0.2, 0.25) is 5.91 Å². The molecule has 8 heteroatoms. The summed E-state index contributed by atoms with van der Waals surface area (Å²) in [6.07, 6.45) is 0.0726. The van der Waals surface area contributed by atoms with Crippen molar-refractivity contribution in [2.45, 2.75) is 13.3 Å². The summed E-state index contributed by atoms with van der Waals surface area (Å²) >= 11 is 1.34. The lowest BCUT2D eigenvalue weighted by molar-refractivity contribution is -0.115. The standard InChI is InChI=1S/C22H20N2O5S/c1-13(25)14-3-5-18(27-2)16(9-14)11-21(26)24-22-23-17(12-30-22)15-4-6-19-20(10-15)29-8-7-28-19/h3-6,9-10,12H,7-8,11H2,1-2H3,(H,23,24,26). The summed E-state index contributed by atoms with van der Waals surface area (Å²) in [5.74, 6) is 1.66. The average Bonchev–Trinajstić information content (AvgIpc) is 3.21. The number of aromatic nitrogens is 1. The molecule has 1 amide bonds. The second kappa shape index (κ2) is 8.54. The van der Waals surface area contributed by atoms with E-state index < -0.39 is 0 Å². The second-order valence-electron chi connectivity index (χ2n) is 6.70. The van der Waals surface area contributed by atoms with Crippen LogP contribution in [0, 0.1) is 0 Å². The quantitative estimate of drug-likeness (QED) is 0.603. The molecule has 0 saturated carbocycles. The fraction of sp³-hybridized carbons (Fsp3) is 0.227. The molecule has 1 aromatic heterocycles. The lowest BCUT2D eigenvalue weighted by Gasteiger charge is -2.18. The normalized spacial score (nSPS) is 12.3. The first-order valence-corrected chi connectivity index (χ1v) is 10.2. The number of methoxy groups -OCH3 is 1. The Labute approximate surface area is 177 Å². The van der Waals surface area contributed by atoms with E-state index in [2.05, 4.69) is 10.3 Å². The third-order valence-corrected chi connectivity index (χ3v) is 5.38. The van der Waals surface area contributed by atoms with Crippen LogP contribution in [0.1, 0.15) is 22.8 Å². The highest BCUT2D eigenvalue weighted by Gasteiger charge is 2.16. The van der Waals surface area contributed by atoms with E-state index >= 15 is 0 Å². The van der Waals surface area contributed by atoms with Crippen LogP contribution in [0.2, 0.25) is 0 Å². The molecule has 3 aromatic rings. The van der Waals surface area contributed by atoms with E-state index in [0.29, 0.717) is 41.0 Å². The van der Waals surface area contributed by atoms with Crippen molar-refractivity contribution in [1.29, 1.82) is 0 Å². The Morgan fingerprint density at radius 2 is 1.93 bits per heavy atom. The van der Waals surface area contributed by atoms with Gasteiger partial charge in [-0.2, -0.15) is 0 Å². The number of fused-ring (bicyclic) bond motifs is 1. The number of hydrogen-bond donors (Lipinski definition) is 1. The Kier molecular flexibility index (Phi) is 5.67. The molecule has 2 aromatic carbocycles. The maximum atomic E-state index is 12.5. The maximum Gasteiger partial charge on any atom is 0.230 e. The fourth-order valence-electron chi connectivity index (χ4n) is 3.14. The number of rotatable bonds is 6. The number of benzene rings is 2.